The molecule has 102 valence electrons. The second-order valence-corrected chi connectivity index (χ2v) is 4.33. The molecule has 0 bridgehead atoms. The lowest BCUT2D eigenvalue weighted by atomic mass is 10.0. The maximum atomic E-state index is 13.0. The molecule has 1 aliphatic heterocycles. The molecule has 1 fully saturated rings. The summed E-state index contributed by atoms with van der Waals surface area (Å²) in [5.74, 6) is -2.98. The van der Waals surface area contributed by atoms with Gasteiger partial charge in [0.25, 0.3) is 5.91 Å². The van der Waals surface area contributed by atoms with E-state index in [1.807, 2.05) is 0 Å². The van der Waals surface area contributed by atoms with E-state index in [1.165, 1.54) is 24.2 Å². The van der Waals surface area contributed by atoms with Crippen molar-refractivity contribution < 1.29 is 23.8 Å². The molecule has 1 saturated heterocycles. The van der Waals surface area contributed by atoms with Gasteiger partial charge in [-0.05, 0) is 6.07 Å². The number of amides is 1. The molecule has 0 saturated carbocycles. The minimum absolute atomic E-state index is 0.0718. The molecule has 0 spiro atoms. The van der Waals surface area contributed by atoms with Gasteiger partial charge in [0.2, 0.25) is 5.95 Å². The fraction of sp³-hybridized carbons (Fsp3) is 0.417. The van der Waals surface area contributed by atoms with E-state index in [9.17, 15) is 14.0 Å². The summed E-state index contributed by atoms with van der Waals surface area (Å²) < 4.78 is 18.1. The first-order chi connectivity index (χ1) is 9.00. The van der Waals surface area contributed by atoms with Gasteiger partial charge in [-0.1, -0.05) is 0 Å². The van der Waals surface area contributed by atoms with Crippen molar-refractivity contribution in [2.75, 3.05) is 20.3 Å². The van der Waals surface area contributed by atoms with Crippen molar-refractivity contribution in [1.29, 1.82) is 0 Å². The molecular formula is C12H13FN2O4. The van der Waals surface area contributed by atoms with E-state index in [2.05, 4.69) is 4.98 Å². The number of carboxylic acid groups (broad SMARTS) is 1. The number of ether oxygens (including phenoxy) is 1. The van der Waals surface area contributed by atoms with E-state index < -0.39 is 29.8 Å². The molecule has 2 unspecified atom stereocenters. The maximum Gasteiger partial charge on any atom is 0.311 e. The van der Waals surface area contributed by atoms with Crippen LogP contribution < -0.4 is 0 Å². The molecule has 2 atom stereocenters. The highest BCUT2D eigenvalue weighted by molar-refractivity contribution is 5.94. The summed E-state index contributed by atoms with van der Waals surface area (Å²) in [5.41, 5.74) is 0.131. The molecular weight excluding hydrogens is 255 g/mol. The minimum Gasteiger partial charge on any atom is -0.481 e. The van der Waals surface area contributed by atoms with Gasteiger partial charge < -0.3 is 14.7 Å². The third kappa shape index (κ3) is 2.70. The van der Waals surface area contributed by atoms with Crippen molar-refractivity contribution >= 4 is 11.9 Å². The summed E-state index contributed by atoms with van der Waals surface area (Å²) in [7, 11) is 1.48. The summed E-state index contributed by atoms with van der Waals surface area (Å²) in [6.07, 6.45) is 1.19. The van der Waals surface area contributed by atoms with Crippen LogP contribution in [-0.2, 0) is 9.53 Å². The Morgan fingerprint density at radius 3 is 2.89 bits per heavy atom. The van der Waals surface area contributed by atoms with Crippen LogP contribution in [0.4, 0.5) is 4.39 Å². The normalized spacial score (nSPS) is 22.2. The van der Waals surface area contributed by atoms with Crippen molar-refractivity contribution in [3.05, 3.63) is 29.8 Å². The zero-order valence-corrected chi connectivity index (χ0v) is 10.2. The Kier molecular flexibility index (Phi) is 3.75. The van der Waals surface area contributed by atoms with Crippen LogP contribution in [-0.4, -0.2) is 53.2 Å². The smallest absolute Gasteiger partial charge is 0.311 e. The van der Waals surface area contributed by atoms with Crippen LogP contribution in [0.3, 0.4) is 0 Å². The van der Waals surface area contributed by atoms with Gasteiger partial charge in [-0.2, -0.15) is 4.39 Å². The Hall–Kier alpha value is -2.02. The number of carbonyl (C=O) groups is 2. The van der Waals surface area contributed by atoms with Gasteiger partial charge in [-0.15, -0.1) is 0 Å². The Balaban J connectivity index is 2.17. The second kappa shape index (κ2) is 5.31. The topological polar surface area (TPSA) is 79.7 Å². The van der Waals surface area contributed by atoms with Gasteiger partial charge in [0.15, 0.2) is 0 Å². The molecule has 19 heavy (non-hydrogen) atoms. The van der Waals surface area contributed by atoms with Crippen LogP contribution in [0.25, 0.3) is 0 Å². The first-order valence-corrected chi connectivity index (χ1v) is 5.70. The van der Waals surface area contributed by atoms with Crippen molar-refractivity contribution in [3.8, 4) is 0 Å². The van der Waals surface area contributed by atoms with E-state index in [0.717, 1.165) is 6.07 Å². The van der Waals surface area contributed by atoms with Crippen molar-refractivity contribution in [3.63, 3.8) is 0 Å². The first kappa shape index (κ1) is 13.4. The van der Waals surface area contributed by atoms with Crippen LogP contribution in [0.2, 0.25) is 0 Å². The number of carboxylic acids is 1. The zero-order chi connectivity index (χ0) is 14.0. The number of likely N-dealkylation sites (N-methyl/N-ethyl adjacent to an activating group) is 1. The van der Waals surface area contributed by atoms with Gasteiger partial charge in [0.05, 0.1) is 19.3 Å². The lowest BCUT2D eigenvalue weighted by Crippen LogP contribution is -2.44. The first-order valence-electron chi connectivity index (χ1n) is 5.70. The summed E-state index contributed by atoms with van der Waals surface area (Å²) >= 11 is 0. The molecule has 7 heteroatoms. The van der Waals surface area contributed by atoms with E-state index >= 15 is 0 Å². The van der Waals surface area contributed by atoms with Crippen LogP contribution in [0.5, 0.6) is 0 Å². The molecule has 2 rings (SSSR count). The number of hydrogen-bond acceptors (Lipinski definition) is 4. The van der Waals surface area contributed by atoms with Gasteiger partial charge >= 0.3 is 5.97 Å². The number of aromatic nitrogens is 1. The molecule has 1 amide bonds. The monoisotopic (exact) mass is 268 g/mol. The zero-order valence-electron chi connectivity index (χ0n) is 10.2. The number of pyridine rings is 1. The molecule has 2 heterocycles. The summed E-state index contributed by atoms with van der Waals surface area (Å²) in [5, 5.41) is 9.04. The molecule has 6 nitrogen and oxygen atoms in total. The average Bonchev–Trinajstić information content (AvgIpc) is 2.86. The molecule has 1 aromatic rings. The Morgan fingerprint density at radius 1 is 1.53 bits per heavy atom. The van der Waals surface area contributed by atoms with Gasteiger partial charge in [-0.25, -0.2) is 4.98 Å². The van der Waals surface area contributed by atoms with Crippen molar-refractivity contribution in [1.82, 2.24) is 9.88 Å². The largest absolute Gasteiger partial charge is 0.481 e. The summed E-state index contributed by atoms with van der Waals surface area (Å²) in [4.78, 5) is 27.8. The summed E-state index contributed by atoms with van der Waals surface area (Å²) in [6, 6.07) is 1.85. The number of rotatable bonds is 3. The highest BCUT2D eigenvalue weighted by Gasteiger charge is 2.38. The molecule has 0 radical (unpaired) electrons. The highest BCUT2D eigenvalue weighted by Crippen LogP contribution is 2.20. The summed E-state index contributed by atoms with van der Waals surface area (Å²) in [6.45, 7) is 0.231. The number of carbonyl (C=O) groups excluding carboxylic acids is 1. The average molecular weight is 268 g/mol. The highest BCUT2D eigenvalue weighted by atomic mass is 19.1. The second-order valence-electron chi connectivity index (χ2n) is 4.33. The Labute approximate surface area is 108 Å². The quantitative estimate of drug-likeness (QED) is 0.802. The predicted octanol–water partition coefficient (Wildman–Crippen LogP) is 0.392. The standard InChI is InChI=1S/C12H13FN2O4/c1-15(9-6-19-5-8(9)12(17)18)11(16)7-2-3-14-10(13)4-7/h2-4,8-9H,5-6H2,1H3,(H,17,18). The Bertz CT molecular complexity index is 508. The lowest BCUT2D eigenvalue weighted by Gasteiger charge is -2.26. The van der Waals surface area contributed by atoms with Crippen molar-refractivity contribution in [2.24, 2.45) is 5.92 Å². The van der Waals surface area contributed by atoms with Crippen LogP contribution in [0, 0.1) is 11.9 Å². The van der Waals surface area contributed by atoms with Gasteiger partial charge in [0, 0.05) is 24.9 Å². The van der Waals surface area contributed by atoms with Crippen LogP contribution in [0.1, 0.15) is 10.4 Å². The number of nitrogens with zero attached hydrogens (tertiary/aromatic N) is 2. The van der Waals surface area contributed by atoms with Crippen LogP contribution >= 0.6 is 0 Å². The van der Waals surface area contributed by atoms with Crippen LogP contribution in [0.15, 0.2) is 18.3 Å². The van der Waals surface area contributed by atoms with Gasteiger partial charge in [-0.3, -0.25) is 9.59 Å². The molecule has 1 aliphatic rings. The van der Waals surface area contributed by atoms with Gasteiger partial charge in [0.1, 0.15) is 5.92 Å². The fourth-order valence-corrected chi connectivity index (χ4v) is 2.05. The molecule has 0 aromatic carbocycles. The number of halogens is 1. The molecule has 1 aromatic heterocycles. The maximum absolute atomic E-state index is 13.0. The third-order valence-corrected chi connectivity index (χ3v) is 3.16. The molecule has 1 N–H and O–H groups in total. The fourth-order valence-electron chi connectivity index (χ4n) is 2.05. The lowest BCUT2D eigenvalue weighted by molar-refractivity contribution is -0.142. The third-order valence-electron chi connectivity index (χ3n) is 3.16. The predicted molar refractivity (Wildman–Crippen MR) is 62.0 cm³/mol. The SMILES string of the molecule is CN(C(=O)c1ccnc(F)c1)C1COCC1C(=O)O. The van der Waals surface area contributed by atoms with E-state index in [4.69, 9.17) is 9.84 Å². The van der Waals surface area contributed by atoms with E-state index in [0.29, 0.717) is 0 Å². The minimum atomic E-state index is -1.01. The molecule has 0 aliphatic carbocycles. The van der Waals surface area contributed by atoms with E-state index in [1.54, 1.807) is 0 Å². The van der Waals surface area contributed by atoms with Crippen molar-refractivity contribution in [2.45, 2.75) is 6.04 Å². The number of aliphatic carboxylic acids is 1. The Morgan fingerprint density at radius 2 is 2.26 bits per heavy atom. The number of hydrogen-bond donors (Lipinski definition) is 1. The van der Waals surface area contributed by atoms with E-state index in [-0.39, 0.29) is 18.8 Å².